The first-order valence-electron chi connectivity index (χ1n) is 7.19. The minimum atomic E-state index is 0. The van der Waals surface area contributed by atoms with Crippen LogP contribution in [0.5, 0.6) is 5.75 Å². The van der Waals surface area contributed by atoms with Gasteiger partial charge in [0, 0.05) is 18.3 Å². The number of likely N-dealkylation sites (N-methyl/N-ethyl adjacent to an activating group) is 1. The molecule has 2 nitrogen and oxygen atoms in total. The SMILES string of the molecule is CCN(c1ccccc1)C(C)Cc1ccc(OC)cc1.Cl. The van der Waals surface area contributed by atoms with Crippen LogP contribution in [0.15, 0.2) is 54.6 Å². The third-order valence-electron chi connectivity index (χ3n) is 3.65. The molecule has 0 bridgehead atoms. The molecule has 2 rings (SSSR count). The van der Waals surface area contributed by atoms with Crippen LogP contribution in [0.1, 0.15) is 19.4 Å². The number of halogens is 1. The van der Waals surface area contributed by atoms with E-state index in [1.165, 1.54) is 11.3 Å². The molecule has 1 atom stereocenters. The Kier molecular flexibility index (Phi) is 7.10. The lowest BCUT2D eigenvalue weighted by atomic mass is 10.0. The maximum Gasteiger partial charge on any atom is 0.118 e. The van der Waals surface area contributed by atoms with Gasteiger partial charge in [-0.25, -0.2) is 0 Å². The van der Waals surface area contributed by atoms with E-state index in [2.05, 4.69) is 61.2 Å². The molecule has 0 radical (unpaired) electrons. The highest BCUT2D eigenvalue weighted by Crippen LogP contribution is 2.19. The van der Waals surface area contributed by atoms with Gasteiger partial charge < -0.3 is 9.64 Å². The van der Waals surface area contributed by atoms with Gasteiger partial charge in [-0.15, -0.1) is 12.4 Å². The highest BCUT2D eigenvalue weighted by Gasteiger charge is 2.13. The van der Waals surface area contributed by atoms with Crippen LogP contribution in [-0.2, 0) is 6.42 Å². The summed E-state index contributed by atoms with van der Waals surface area (Å²) in [5.41, 5.74) is 2.63. The van der Waals surface area contributed by atoms with Crippen LogP contribution in [0.4, 0.5) is 5.69 Å². The summed E-state index contributed by atoms with van der Waals surface area (Å²) in [5, 5.41) is 0. The maximum absolute atomic E-state index is 5.20. The highest BCUT2D eigenvalue weighted by atomic mass is 35.5. The molecule has 2 aromatic carbocycles. The zero-order valence-electron chi connectivity index (χ0n) is 13.0. The lowest BCUT2D eigenvalue weighted by molar-refractivity contribution is 0.414. The predicted octanol–water partition coefficient (Wildman–Crippen LogP) is 4.57. The number of anilines is 1. The normalized spacial score (nSPS) is 11.4. The van der Waals surface area contributed by atoms with E-state index in [0.717, 1.165) is 18.7 Å². The minimum Gasteiger partial charge on any atom is -0.497 e. The van der Waals surface area contributed by atoms with Crippen LogP contribution in [0.3, 0.4) is 0 Å². The largest absolute Gasteiger partial charge is 0.497 e. The molecular weight excluding hydrogens is 282 g/mol. The van der Waals surface area contributed by atoms with Crippen molar-refractivity contribution in [2.45, 2.75) is 26.3 Å². The molecule has 0 aliphatic rings. The lowest BCUT2D eigenvalue weighted by Gasteiger charge is -2.30. The summed E-state index contributed by atoms with van der Waals surface area (Å²) in [6, 6.07) is 19.4. The Labute approximate surface area is 134 Å². The molecule has 2 aromatic rings. The fourth-order valence-electron chi connectivity index (χ4n) is 2.58. The van der Waals surface area contributed by atoms with Crippen LogP contribution < -0.4 is 9.64 Å². The Morgan fingerprint density at radius 1 is 1.00 bits per heavy atom. The Morgan fingerprint density at radius 2 is 1.62 bits per heavy atom. The van der Waals surface area contributed by atoms with Gasteiger partial charge in [0.2, 0.25) is 0 Å². The minimum absolute atomic E-state index is 0. The molecular formula is C18H24ClNO. The fraction of sp³-hybridized carbons (Fsp3) is 0.333. The van der Waals surface area contributed by atoms with E-state index in [-0.39, 0.29) is 12.4 Å². The van der Waals surface area contributed by atoms with E-state index in [4.69, 9.17) is 4.74 Å². The van der Waals surface area contributed by atoms with Gasteiger partial charge in [0.25, 0.3) is 0 Å². The van der Waals surface area contributed by atoms with E-state index in [1.807, 2.05) is 12.1 Å². The second-order valence-corrected chi connectivity index (χ2v) is 5.02. The zero-order chi connectivity index (χ0) is 14.4. The van der Waals surface area contributed by atoms with Gasteiger partial charge in [0.05, 0.1) is 7.11 Å². The molecule has 0 aliphatic heterocycles. The topological polar surface area (TPSA) is 12.5 Å². The number of methoxy groups -OCH3 is 1. The molecule has 0 spiro atoms. The molecule has 0 aliphatic carbocycles. The van der Waals surface area contributed by atoms with E-state index < -0.39 is 0 Å². The van der Waals surface area contributed by atoms with Gasteiger partial charge in [-0.05, 0) is 50.1 Å². The molecule has 0 saturated heterocycles. The molecule has 0 N–H and O–H groups in total. The van der Waals surface area contributed by atoms with E-state index >= 15 is 0 Å². The van der Waals surface area contributed by atoms with Crippen molar-refractivity contribution in [2.75, 3.05) is 18.6 Å². The average Bonchev–Trinajstić information content (AvgIpc) is 2.50. The van der Waals surface area contributed by atoms with Crippen LogP contribution in [0.2, 0.25) is 0 Å². The molecule has 114 valence electrons. The van der Waals surface area contributed by atoms with Crippen molar-refractivity contribution >= 4 is 18.1 Å². The Balaban J connectivity index is 0.00000220. The quantitative estimate of drug-likeness (QED) is 0.775. The van der Waals surface area contributed by atoms with Crippen molar-refractivity contribution in [3.63, 3.8) is 0 Å². The first-order chi connectivity index (χ1) is 9.74. The van der Waals surface area contributed by atoms with E-state index in [9.17, 15) is 0 Å². The number of hydrogen-bond donors (Lipinski definition) is 0. The average molecular weight is 306 g/mol. The summed E-state index contributed by atoms with van der Waals surface area (Å²) < 4.78 is 5.20. The summed E-state index contributed by atoms with van der Waals surface area (Å²) in [5.74, 6) is 0.914. The number of benzene rings is 2. The summed E-state index contributed by atoms with van der Waals surface area (Å²) >= 11 is 0. The molecule has 21 heavy (non-hydrogen) atoms. The van der Waals surface area contributed by atoms with Gasteiger partial charge in [-0.1, -0.05) is 30.3 Å². The first-order valence-corrected chi connectivity index (χ1v) is 7.19. The summed E-state index contributed by atoms with van der Waals surface area (Å²) in [6.07, 6.45) is 1.03. The third kappa shape index (κ3) is 4.68. The molecule has 0 amide bonds. The highest BCUT2D eigenvalue weighted by molar-refractivity contribution is 5.85. The summed E-state index contributed by atoms with van der Waals surface area (Å²) in [6.45, 7) is 5.50. The predicted molar refractivity (Wildman–Crippen MR) is 92.9 cm³/mol. The van der Waals surface area contributed by atoms with Crippen molar-refractivity contribution in [2.24, 2.45) is 0 Å². The number of para-hydroxylation sites is 1. The molecule has 1 unspecified atom stereocenters. The smallest absolute Gasteiger partial charge is 0.118 e. The van der Waals surface area contributed by atoms with Crippen molar-refractivity contribution in [1.29, 1.82) is 0 Å². The van der Waals surface area contributed by atoms with Gasteiger partial charge in [-0.3, -0.25) is 0 Å². The summed E-state index contributed by atoms with van der Waals surface area (Å²) in [4.78, 5) is 2.43. The van der Waals surface area contributed by atoms with Crippen LogP contribution in [0, 0.1) is 0 Å². The lowest BCUT2D eigenvalue weighted by Crippen LogP contribution is -2.34. The number of nitrogens with zero attached hydrogens (tertiary/aromatic N) is 1. The molecule has 3 heteroatoms. The van der Waals surface area contributed by atoms with Crippen LogP contribution in [-0.4, -0.2) is 19.7 Å². The van der Waals surface area contributed by atoms with Crippen molar-refractivity contribution in [3.05, 3.63) is 60.2 Å². The molecule has 0 heterocycles. The monoisotopic (exact) mass is 305 g/mol. The molecule has 0 saturated carbocycles. The van der Waals surface area contributed by atoms with Crippen LogP contribution in [0.25, 0.3) is 0 Å². The standard InChI is InChI=1S/C18H23NO.ClH/c1-4-19(17-8-6-5-7-9-17)15(2)14-16-10-12-18(20-3)13-11-16;/h5-13,15H,4,14H2,1-3H3;1H. The Morgan fingerprint density at radius 3 is 2.14 bits per heavy atom. The maximum atomic E-state index is 5.20. The van der Waals surface area contributed by atoms with Crippen molar-refractivity contribution in [1.82, 2.24) is 0 Å². The number of hydrogen-bond acceptors (Lipinski definition) is 2. The third-order valence-corrected chi connectivity index (χ3v) is 3.65. The summed E-state index contributed by atoms with van der Waals surface area (Å²) in [7, 11) is 1.70. The number of rotatable bonds is 6. The van der Waals surface area contributed by atoms with Gasteiger partial charge in [0.15, 0.2) is 0 Å². The first kappa shape index (κ1) is 17.4. The number of ether oxygens (including phenoxy) is 1. The van der Waals surface area contributed by atoms with Crippen molar-refractivity contribution < 1.29 is 4.74 Å². The second kappa shape index (κ2) is 8.58. The molecule has 0 fully saturated rings. The zero-order valence-corrected chi connectivity index (χ0v) is 13.8. The van der Waals surface area contributed by atoms with Gasteiger partial charge in [0.1, 0.15) is 5.75 Å². The van der Waals surface area contributed by atoms with E-state index in [0.29, 0.717) is 6.04 Å². The van der Waals surface area contributed by atoms with Gasteiger partial charge >= 0.3 is 0 Å². The Hall–Kier alpha value is -1.67. The van der Waals surface area contributed by atoms with Crippen LogP contribution >= 0.6 is 12.4 Å². The Bertz CT molecular complexity index is 513. The fourth-order valence-corrected chi connectivity index (χ4v) is 2.58. The molecule has 0 aromatic heterocycles. The second-order valence-electron chi connectivity index (χ2n) is 5.02. The van der Waals surface area contributed by atoms with E-state index in [1.54, 1.807) is 7.11 Å². The van der Waals surface area contributed by atoms with Crippen molar-refractivity contribution in [3.8, 4) is 5.75 Å². The van der Waals surface area contributed by atoms with Gasteiger partial charge in [-0.2, -0.15) is 0 Å².